The second-order valence-electron chi connectivity index (χ2n) is 13.0. The van der Waals surface area contributed by atoms with Crippen molar-refractivity contribution in [1.82, 2.24) is 34.1 Å². The van der Waals surface area contributed by atoms with Gasteiger partial charge in [0, 0.05) is 57.7 Å². The normalized spacial score (nSPS) is 11.8. The minimum atomic E-state index is -4.53. The first kappa shape index (κ1) is 33.0. The molecule has 0 bridgehead atoms. The summed E-state index contributed by atoms with van der Waals surface area (Å²) < 4.78 is 58.2. The third-order valence-corrected chi connectivity index (χ3v) is 9.57. The minimum Gasteiger partial charge on any atom is -0.457 e. The molecule has 12 heteroatoms. The average Bonchev–Trinajstić information content (AvgIpc) is 3.73. The van der Waals surface area contributed by atoms with Gasteiger partial charge in [-0.15, -0.1) is 0 Å². The predicted octanol–water partition coefficient (Wildman–Crippen LogP) is 11.1. The molecule has 0 aliphatic carbocycles. The molecule has 5 heterocycles. The number of halogens is 3. The van der Waals surface area contributed by atoms with Crippen molar-refractivity contribution in [3.05, 3.63) is 164 Å². The Kier molecular flexibility index (Phi) is 7.70. The Morgan fingerprint density at radius 1 is 0.446 bits per heavy atom. The molecule has 0 spiro atoms. The quantitative estimate of drug-likeness (QED) is 0.161. The molecule has 0 saturated carbocycles. The molecular weight excluding hydrogens is 716 g/mol. The number of pyridine rings is 2. The first-order chi connectivity index (χ1) is 27.4. The van der Waals surface area contributed by atoms with Crippen LogP contribution in [0.25, 0.3) is 66.6 Å². The van der Waals surface area contributed by atoms with Crippen LogP contribution in [0.15, 0.2) is 159 Å². The highest BCUT2D eigenvalue weighted by molar-refractivity contribution is 6.10. The maximum Gasteiger partial charge on any atom is 0.416 e. The summed E-state index contributed by atoms with van der Waals surface area (Å²) in [5.74, 6) is 3.22. The summed E-state index contributed by atoms with van der Waals surface area (Å²) in [5.41, 5.74) is 3.10. The van der Waals surface area contributed by atoms with E-state index in [1.165, 1.54) is 18.9 Å². The molecule has 56 heavy (non-hydrogen) atoms. The van der Waals surface area contributed by atoms with Crippen molar-refractivity contribution in [3.63, 3.8) is 0 Å². The van der Waals surface area contributed by atoms with Crippen LogP contribution in [0.1, 0.15) is 5.56 Å². The molecule has 5 aromatic carbocycles. The number of alkyl halides is 3. The van der Waals surface area contributed by atoms with Gasteiger partial charge < -0.3 is 9.47 Å². The van der Waals surface area contributed by atoms with Crippen molar-refractivity contribution in [2.24, 2.45) is 0 Å². The van der Waals surface area contributed by atoms with Gasteiger partial charge in [-0.1, -0.05) is 42.5 Å². The SMILES string of the molecule is FC(F)(F)c1ccnc(-n2c3ccccc3c3ccc(Oc4cc(Oc5ccc6c7ccccc7n(-c7ccccn7)c6c5)cc(-c5ncncn5)c4)cc32)c1. The van der Waals surface area contributed by atoms with Gasteiger partial charge in [-0.3, -0.25) is 9.13 Å². The molecule has 10 rings (SSSR count). The zero-order chi connectivity index (χ0) is 37.8. The van der Waals surface area contributed by atoms with E-state index in [2.05, 4.69) is 41.6 Å². The summed E-state index contributed by atoms with van der Waals surface area (Å²) in [6.45, 7) is 0. The monoisotopic (exact) mass is 741 g/mol. The number of rotatable bonds is 7. The number of hydrogen-bond donors (Lipinski definition) is 0. The molecule has 9 nitrogen and oxygen atoms in total. The van der Waals surface area contributed by atoms with Crippen molar-refractivity contribution in [2.45, 2.75) is 6.18 Å². The van der Waals surface area contributed by atoms with Crippen LogP contribution in [0.5, 0.6) is 23.0 Å². The Balaban J connectivity index is 1.07. The van der Waals surface area contributed by atoms with Crippen molar-refractivity contribution >= 4 is 43.6 Å². The Morgan fingerprint density at radius 3 is 1.59 bits per heavy atom. The smallest absolute Gasteiger partial charge is 0.416 e. The van der Waals surface area contributed by atoms with Crippen LogP contribution in [0.3, 0.4) is 0 Å². The van der Waals surface area contributed by atoms with Gasteiger partial charge in [-0.25, -0.2) is 24.9 Å². The lowest BCUT2D eigenvalue weighted by atomic mass is 10.1. The van der Waals surface area contributed by atoms with E-state index >= 15 is 0 Å². The van der Waals surface area contributed by atoms with E-state index in [9.17, 15) is 13.2 Å². The zero-order valence-electron chi connectivity index (χ0n) is 29.1. The van der Waals surface area contributed by atoms with Crippen LogP contribution in [-0.2, 0) is 6.18 Å². The number of para-hydroxylation sites is 2. The average molecular weight is 742 g/mol. The lowest BCUT2D eigenvalue weighted by Crippen LogP contribution is -2.07. The maximum absolute atomic E-state index is 13.8. The Labute approximate surface area is 315 Å². The number of benzene rings is 5. The van der Waals surface area contributed by atoms with Gasteiger partial charge in [0.05, 0.1) is 27.6 Å². The summed E-state index contributed by atoms with van der Waals surface area (Å²) in [6, 6.07) is 40.3. The molecule has 0 radical (unpaired) electrons. The van der Waals surface area contributed by atoms with E-state index in [4.69, 9.17) is 9.47 Å². The molecule has 0 fully saturated rings. The molecule has 270 valence electrons. The summed E-state index contributed by atoms with van der Waals surface area (Å²) in [5, 5.41) is 3.83. The molecule has 0 aliphatic heterocycles. The molecule has 0 unspecified atom stereocenters. The van der Waals surface area contributed by atoms with Crippen molar-refractivity contribution in [2.75, 3.05) is 0 Å². The molecule has 0 N–H and O–H groups in total. The van der Waals surface area contributed by atoms with Crippen LogP contribution in [0.4, 0.5) is 13.2 Å². The van der Waals surface area contributed by atoms with E-state index in [1.807, 2.05) is 91.0 Å². The van der Waals surface area contributed by atoms with Gasteiger partial charge in [0.1, 0.15) is 47.3 Å². The van der Waals surface area contributed by atoms with Crippen LogP contribution in [0.2, 0.25) is 0 Å². The molecule has 0 atom stereocenters. The third kappa shape index (κ3) is 5.80. The number of hydrogen-bond acceptors (Lipinski definition) is 7. The highest BCUT2D eigenvalue weighted by atomic mass is 19.4. The first-order valence-corrected chi connectivity index (χ1v) is 17.5. The fraction of sp³-hybridized carbons (Fsp3) is 0.0227. The van der Waals surface area contributed by atoms with E-state index < -0.39 is 11.7 Å². The standard InChI is InChI=1S/C44H26F3N7O2/c45-44(46,47)28-16-18-50-42(21-28)54-38-10-4-2-8-34(38)36-15-13-30(24-40(36)54)56-32-20-27(43-51-25-48-26-52-43)19-31(22-32)55-29-12-14-35-33-7-1-3-9-37(33)53(39(35)23-29)41-11-5-6-17-49-41/h1-26H. The number of ether oxygens (including phenoxy) is 2. The second kappa shape index (κ2) is 13.1. The van der Waals surface area contributed by atoms with E-state index in [0.29, 0.717) is 45.4 Å². The molecule has 0 amide bonds. The number of fused-ring (bicyclic) bond motifs is 6. The van der Waals surface area contributed by atoms with Crippen molar-refractivity contribution in [3.8, 4) is 46.0 Å². The summed E-state index contributed by atoms with van der Waals surface area (Å²) in [7, 11) is 0. The summed E-state index contributed by atoms with van der Waals surface area (Å²) in [6.07, 6.45) is 1.23. The predicted molar refractivity (Wildman–Crippen MR) is 208 cm³/mol. The molecule has 10 aromatic rings. The molecule has 0 aliphatic rings. The summed E-state index contributed by atoms with van der Waals surface area (Å²) >= 11 is 0. The Morgan fingerprint density at radius 2 is 1.00 bits per heavy atom. The van der Waals surface area contributed by atoms with Gasteiger partial charge in [0.2, 0.25) is 0 Å². The van der Waals surface area contributed by atoms with E-state index in [-0.39, 0.29) is 5.82 Å². The van der Waals surface area contributed by atoms with Gasteiger partial charge in [0.15, 0.2) is 5.82 Å². The van der Waals surface area contributed by atoms with Gasteiger partial charge in [-0.05, 0) is 72.8 Å². The molecular formula is C44H26F3N7O2. The molecule has 5 aromatic heterocycles. The van der Waals surface area contributed by atoms with Crippen molar-refractivity contribution in [1.29, 1.82) is 0 Å². The summed E-state index contributed by atoms with van der Waals surface area (Å²) in [4.78, 5) is 21.7. The highest BCUT2D eigenvalue weighted by Gasteiger charge is 2.31. The van der Waals surface area contributed by atoms with Gasteiger partial charge in [0.25, 0.3) is 0 Å². The first-order valence-electron chi connectivity index (χ1n) is 17.5. The number of nitrogens with zero attached hydrogens (tertiary/aromatic N) is 7. The zero-order valence-corrected chi connectivity index (χ0v) is 29.1. The van der Waals surface area contributed by atoms with Crippen LogP contribution in [-0.4, -0.2) is 34.1 Å². The Hall–Kier alpha value is -7.60. The van der Waals surface area contributed by atoms with Gasteiger partial charge >= 0.3 is 6.18 Å². The fourth-order valence-corrected chi connectivity index (χ4v) is 7.20. The lowest BCUT2D eigenvalue weighted by molar-refractivity contribution is -0.137. The van der Waals surface area contributed by atoms with E-state index in [0.717, 1.165) is 50.5 Å². The Bertz CT molecular complexity index is 3090. The van der Waals surface area contributed by atoms with Gasteiger partial charge in [-0.2, -0.15) is 13.2 Å². The van der Waals surface area contributed by atoms with Crippen LogP contribution in [0, 0.1) is 0 Å². The minimum absolute atomic E-state index is 0.134. The fourth-order valence-electron chi connectivity index (χ4n) is 7.20. The van der Waals surface area contributed by atoms with E-state index in [1.54, 1.807) is 29.0 Å². The number of aromatic nitrogens is 7. The molecule has 0 saturated heterocycles. The maximum atomic E-state index is 13.8. The van der Waals surface area contributed by atoms with Crippen molar-refractivity contribution < 1.29 is 22.6 Å². The van der Waals surface area contributed by atoms with Crippen LogP contribution < -0.4 is 9.47 Å². The highest BCUT2D eigenvalue weighted by Crippen LogP contribution is 2.40. The second-order valence-corrected chi connectivity index (χ2v) is 13.0. The third-order valence-electron chi connectivity index (χ3n) is 9.57. The lowest BCUT2D eigenvalue weighted by Gasteiger charge is -2.13. The van der Waals surface area contributed by atoms with Crippen LogP contribution >= 0.6 is 0 Å². The topological polar surface area (TPSA) is 92.8 Å². The largest absolute Gasteiger partial charge is 0.457 e.